The van der Waals surface area contributed by atoms with Crippen LogP contribution in [-0.4, -0.2) is 34.5 Å². The van der Waals surface area contributed by atoms with E-state index in [0.717, 1.165) is 46.8 Å². The maximum atomic E-state index is 6.50. The fourth-order valence-electron chi connectivity index (χ4n) is 2.49. The predicted octanol–water partition coefficient (Wildman–Crippen LogP) is 3.75. The smallest absolute Gasteiger partial charge is 0.0740 e. The van der Waals surface area contributed by atoms with Crippen LogP contribution in [0, 0.1) is 6.92 Å². The number of hydrogen-bond acceptors (Lipinski definition) is 3. The molecule has 1 fully saturated rings. The molecule has 1 aliphatic heterocycles. The van der Waals surface area contributed by atoms with Gasteiger partial charge in [0, 0.05) is 36.5 Å². The van der Waals surface area contributed by atoms with Gasteiger partial charge in [-0.25, -0.2) is 4.98 Å². The van der Waals surface area contributed by atoms with Crippen LogP contribution in [0.5, 0.6) is 0 Å². The molecule has 0 saturated carbocycles. The molecule has 0 N–H and O–H groups in total. The molecule has 19 heavy (non-hydrogen) atoms. The number of thioether (sulfide) groups is 1. The van der Waals surface area contributed by atoms with Crippen LogP contribution in [0.4, 0.5) is 0 Å². The Morgan fingerprint density at radius 2 is 2.00 bits per heavy atom. The number of para-hydroxylation sites is 1. The third kappa shape index (κ3) is 2.73. The van der Waals surface area contributed by atoms with Crippen molar-refractivity contribution >= 4 is 34.3 Å². The van der Waals surface area contributed by atoms with Crippen molar-refractivity contribution in [3.05, 3.63) is 40.5 Å². The minimum atomic E-state index is 0.830. The second-order valence-corrected chi connectivity index (χ2v) is 6.51. The fraction of sp³-hybridized carbons (Fsp3) is 0.400. The van der Waals surface area contributed by atoms with Crippen molar-refractivity contribution in [2.75, 3.05) is 24.6 Å². The maximum Gasteiger partial charge on any atom is 0.0740 e. The first-order chi connectivity index (χ1) is 9.25. The summed E-state index contributed by atoms with van der Waals surface area (Å²) in [5.41, 5.74) is 3.21. The first kappa shape index (κ1) is 13.2. The summed E-state index contributed by atoms with van der Waals surface area (Å²) >= 11 is 8.52. The summed E-state index contributed by atoms with van der Waals surface area (Å²) in [5, 5.41) is 1.99. The van der Waals surface area contributed by atoms with Crippen LogP contribution in [-0.2, 0) is 6.54 Å². The van der Waals surface area contributed by atoms with Crippen LogP contribution < -0.4 is 0 Å². The number of benzene rings is 1. The number of fused-ring (bicyclic) bond motifs is 1. The van der Waals surface area contributed by atoms with Crippen molar-refractivity contribution in [3.63, 3.8) is 0 Å². The van der Waals surface area contributed by atoms with Crippen molar-refractivity contribution in [1.82, 2.24) is 9.88 Å². The zero-order chi connectivity index (χ0) is 13.2. The van der Waals surface area contributed by atoms with Gasteiger partial charge >= 0.3 is 0 Å². The topological polar surface area (TPSA) is 16.1 Å². The van der Waals surface area contributed by atoms with Gasteiger partial charge in [-0.15, -0.1) is 0 Å². The fourth-order valence-corrected chi connectivity index (χ4v) is 3.68. The Hall–Kier alpha value is -0.770. The number of hydrogen-bond donors (Lipinski definition) is 0. The van der Waals surface area contributed by atoms with E-state index < -0.39 is 0 Å². The SMILES string of the molecule is Cc1c(Cl)c(CN2CCSCC2)nc2ccccc12. The normalized spacial score (nSPS) is 16.9. The lowest BCUT2D eigenvalue weighted by Crippen LogP contribution is -2.32. The highest BCUT2D eigenvalue weighted by Crippen LogP contribution is 2.28. The van der Waals surface area contributed by atoms with E-state index in [-0.39, 0.29) is 0 Å². The van der Waals surface area contributed by atoms with Crippen molar-refractivity contribution in [2.45, 2.75) is 13.5 Å². The number of rotatable bonds is 2. The maximum absolute atomic E-state index is 6.50. The largest absolute Gasteiger partial charge is 0.296 e. The van der Waals surface area contributed by atoms with Gasteiger partial charge in [-0.2, -0.15) is 11.8 Å². The van der Waals surface area contributed by atoms with Crippen LogP contribution in [0.25, 0.3) is 10.9 Å². The molecular weight excluding hydrogens is 276 g/mol. The Labute approximate surface area is 123 Å². The molecule has 2 heterocycles. The van der Waals surface area contributed by atoms with Gasteiger partial charge in [-0.3, -0.25) is 4.90 Å². The zero-order valence-electron chi connectivity index (χ0n) is 11.0. The summed E-state index contributed by atoms with van der Waals surface area (Å²) in [7, 11) is 0. The van der Waals surface area contributed by atoms with Gasteiger partial charge < -0.3 is 0 Å². The molecule has 0 spiro atoms. The molecule has 0 atom stereocenters. The molecule has 0 amide bonds. The second-order valence-electron chi connectivity index (χ2n) is 4.90. The average Bonchev–Trinajstić information content (AvgIpc) is 2.46. The molecule has 2 nitrogen and oxygen atoms in total. The van der Waals surface area contributed by atoms with E-state index >= 15 is 0 Å². The van der Waals surface area contributed by atoms with Crippen LogP contribution >= 0.6 is 23.4 Å². The second kappa shape index (κ2) is 5.70. The van der Waals surface area contributed by atoms with Crippen LogP contribution in [0.1, 0.15) is 11.3 Å². The van der Waals surface area contributed by atoms with E-state index in [1.54, 1.807) is 0 Å². The predicted molar refractivity (Wildman–Crippen MR) is 84.1 cm³/mol. The van der Waals surface area contributed by atoms with Crippen LogP contribution in [0.15, 0.2) is 24.3 Å². The van der Waals surface area contributed by atoms with Gasteiger partial charge in [0.2, 0.25) is 0 Å². The van der Waals surface area contributed by atoms with Gasteiger partial charge in [0.05, 0.1) is 16.2 Å². The minimum absolute atomic E-state index is 0.830. The minimum Gasteiger partial charge on any atom is -0.296 e. The number of aryl methyl sites for hydroxylation is 1. The third-order valence-electron chi connectivity index (χ3n) is 3.62. The summed E-state index contributed by atoms with van der Waals surface area (Å²) in [6.45, 7) is 5.22. The molecule has 2 aromatic rings. The van der Waals surface area contributed by atoms with Crippen molar-refractivity contribution < 1.29 is 0 Å². The molecule has 0 bridgehead atoms. The van der Waals surface area contributed by atoms with E-state index in [0.29, 0.717) is 0 Å². The molecule has 1 aliphatic rings. The lowest BCUT2D eigenvalue weighted by Gasteiger charge is -2.26. The van der Waals surface area contributed by atoms with Gasteiger partial charge in [0.1, 0.15) is 0 Å². The Balaban J connectivity index is 1.96. The van der Waals surface area contributed by atoms with Crippen LogP contribution in [0.3, 0.4) is 0 Å². The molecule has 1 saturated heterocycles. The van der Waals surface area contributed by atoms with Gasteiger partial charge in [0.15, 0.2) is 0 Å². The summed E-state index contributed by atoms with van der Waals surface area (Å²) in [6.07, 6.45) is 0. The number of aromatic nitrogens is 1. The number of pyridine rings is 1. The summed E-state index contributed by atoms with van der Waals surface area (Å²) in [6, 6.07) is 8.22. The molecule has 4 heteroatoms. The standard InChI is InChI=1S/C15H17ClN2S/c1-11-12-4-2-3-5-13(12)17-14(15(11)16)10-18-6-8-19-9-7-18/h2-5H,6-10H2,1H3. The van der Waals surface area contributed by atoms with Gasteiger partial charge in [-0.1, -0.05) is 29.8 Å². The van der Waals surface area contributed by atoms with Gasteiger partial charge in [-0.05, 0) is 18.6 Å². The van der Waals surface area contributed by atoms with Crippen LogP contribution in [0.2, 0.25) is 5.02 Å². The molecular formula is C15H17ClN2S. The zero-order valence-corrected chi connectivity index (χ0v) is 12.6. The molecule has 100 valence electrons. The molecule has 1 aromatic heterocycles. The van der Waals surface area contributed by atoms with E-state index in [1.807, 2.05) is 23.9 Å². The highest BCUT2D eigenvalue weighted by molar-refractivity contribution is 7.99. The summed E-state index contributed by atoms with van der Waals surface area (Å²) < 4.78 is 0. The summed E-state index contributed by atoms with van der Waals surface area (Å²) in [4.78, 5) is 7.19. The Morgan fingerprint density at radius 1 is 1.26 bits per heavy atom. The first-order valence-corrected chi connectivity index (χ1v) is 8.13. The lowest BCUT2D eigenvalue weighted by molar-refractivity contribution is 0.291. The quantitative estimate of drug-likeness (QED) is 0.839. The monoisotopic (exact) mass is 292 g/mol. The van der Waals surface area contributed by atoms with Crippen molar-refractivity contribution in [3.8, 4) is 0 Å². The van der Waals surface area contributed by atoms with E-state index in [9.17, 15) is 0 Å². The molecule has 3 rings (SSSR count). The summed E-state index contributed by atoms with van der Waals surface area (Å²) in [5.74, 6) is 2.42. The average molecular weight is 293 g/mol. The van der Waals surface area contributed by atoms with Crippen molar-refractivity contribution in [2.24, 2.45) is 0 Å². The molecule has 0 radical (unpaired) electrons. The molecule has 0 aliphatic carbocycles. The number of halogens is 1. The lowest BCUT2D eigenvalue weighted by atomic mass is 10.1. The Bertz CT molecular complexity index is 594. The Morgan fingerprint density at radius 3 is 2.79 bits per heavy atom. The van der Waals surface area contributed by atoms with Gasteiger partial charge in [0.25, 0.3) is 0 Å². The highest BCUT2D eigenvalue weighted by atomic mass is 35.5. The first-order valence-electron chi connectivity index (χ1n) is 6.59. The molecule has 1 aromatic carbocycles. The molecule has 0 unspecified atom stereocenters. The van der Waals surface area contributed by atoms with E-state index in [4.69, 9.17) is 16.6 Å². The van der Waals surface area contributed by atoms with E-state index in [1.165, 1.54) is 11.5 Å². The van der Waals surface area contributed by atoms with E-state index in [2.05, 4.69) is 24.0 Å². The highest BCUT2D eigenvalue weighted by Gasteiger charge is 2.15. The van der Waals surface area contributed by atoms with Crippen molar-refractivity contribution in [1.29, 1.82) is 0 Å². The number of nitrogens with zero attached hydrogens (tertiary/aromatic N) is 2. The Kier molecular flexibility index (Phi) is 3.96. The third-order valence-corrected chi connectivity index (χ3v) is 5.07.